The SMILES string of the molecule is O=C1CC(CN2CCN(CCO)CC2)C(c2ccc(Cl)cc2)=NN1c1ccccc1. The molecule has 0 spiro atoms. The van der Waals surface area contributed by atoms with Crippen LogP contribution in [0.5, 0.6) is 0 Å². The van der Waals surface area contributed by atoms with Gasteiger partial charge in [0.2, 0.25) is 5.91 Å². The molecule has 0 saturated carbocycles. The summed E-state index contributed by atoms with van der Waals surface area (Å²) >= 11 is 6.09. The summed E-state index contributed by atoms with van der Waals surface area (Å²) in [5, 5.41) is 16.2. The molecule has 30 heavy (non-hydrogen) atoms. The quantitative estimate of drug-likeness (QED) is 0.771. The number of hydrogen-bond donors (Lipinski definition) is 1. The van der Waals surface area contributed by atoms with Gasteiger partial charge in [-0.25, -0.2) is 5.01 Å². The van der Waals surface area contributed by atoms with Gasteiger partial charge < -0.3 is 10.0 Å². The molecular weight excluding hydrogens is 400 g/mol. The van der Waals surface area contributed by atoms with Crippen molar-refractivity contribution in [3.8, 4) is 0 Å². The number of aliphatic hydroxyl groups excluding tert-OH is 1. The van der Waals surface area contributed by atoms with Crippen molar-refractivity contribution in [2.45, 2.75) is 6.42 Å². The molecule has 1 amide bonds. The maximum absolute atomic E-state index is 13.0. The number of amides is 1. The zero-order valence-electron chi connectivity index (χ0n) is 17.0. The zero-order valence-corrected chi connectivity index (χ0v) is 17.7. The fraction of sp³-hybridized carbons (Fsp3) is 0.391. The second-order valence-electron chi connectivity index (χ2n) is 7.80. The first-order chi connectivity index (χ1) is 14.6. The molecule has 2 aliphatic heterocycles. The van der Waals surface area contributed by atoms with Crippen LogP contribution in [0.4, 0.5) is 5.69 Å². The fourth-order valence-corrected chi connectivity index (χ4v) is 4.25. The first kappa shape index (κ1) is 21.0. The van der Waals surface area contributed by atoms with E-state index in [0.29, 0.717) is 11.4 Å². The van der Waals surface area contributed by atoms with E-state index in [9.17, 15) is 4.79 Å². The lowest BCUT2D eigenvalue weighted by Crippen LogP contribution is -2.50. The van der Waals surface area contributed by atoms with Crippen LogP contribution in [0.2, 0.25) is 5.02 Å². The number of para-hydroxylation sites is 1. The monoisotopic (exact) mass is 426 g/mol. The van der Waals surface area contributed by atoms with Gasteiger partial charge in [0.05, 0.1) is 18.0 Å². The van der Waals surface area contributed by atoms with Gasteiger partial charge in [0.15, 0.2) is 0 Å². The highest BCUT2D eigenvalue weighted by Gasteiger charge is 2.33. The molecule has 2 aromatic rings. The molecule has 0 aromatic heterocycles. The highest BCUT2D eigenvalue weighted by molar-refractivity contribution is 6.30. The standard InChI is InChI=1S/C23H27ClN4O2/c24-20-8-6-18(7-9-20)23-19(17-27-12-10-26(11-13-27)14-15-29)16-22(30)28(25-23)21-4-2-1-3-5-21/h1-9,19,29H,10-17H2. The molecule has 158 valence electrons. The van der Waals surface area contributed by atoms with Crippen molar-refractivity contribution in [1.29, 1.82) is 0 Å². The Labute approximate surface area is 182 Å². The summed E-state index contributed by atoms with van der Waals surface area (Å²) in [6.07, 6.45) is 0.424. The van der Waals surface area contributed by atoms with Crippen LogP contribution in [0, 0.1) is 5.92 Å². The predicted molar refractivity (Wildman–Crippen MR) is 120 cm³/mol. The molecule has 1 unspecified atom stereocenters. The van der Waals surface area contributed by atoms with E-state index in [-0.39, 0.29) is 18.4 Å². The number of rotatable bonds is 6. The third kappa shape index (κ3) is 4.90. The van der Waals surface area contributed by atoms with Crippen molar-refractivity contribution in [2.24, 2.45) is 11.0 Å². The second-order valence-corrected chi connectivity index (χ2v) is 8.24. The van der Waals surface area contributed by atoms with Crippen molar-refractivity contribution >= 4 is 28.9 Å². The first-order valence-corrected chi connectivity index (χ1v) is 10.8. The van der Waals surface area contributed by atoms with Crippen LogP contribution in [0.1, 0.15) is 12.0 Å². The van der Waals surface area contributed by atoms with Crippen molar-refractivity contribution in [2.75, 3.05) is 50.9 Å². The van der Waals surface area contributed by atoms with Gasteiger partial charge in [-0.3, -0.25) is 9.69 Å². The van der Waals surface area contributed by atoms with E-state index in [4.69, 9.17) is 21.8 Å². The van der Waals surface area contributed by atoms with Crippen LogP contribution in [0.15, 0.2) is 59.7 Å². The van der Waals surface area contributed by atoms with Crippen molar-refractivity contribution in [1.82, 2.24) is 9.80 Å². The lowest BCUT2D eigenvalue weighted by Gasteiger charge is -2.38. The Morgan fingerprint density at radius 1 is 0.967 bits per heavy atom. The summed E-state index contributed by atoms with van der Waals surface area (Å²) in [6, 6.07) is 17.3. The smallest absolute Gasteiger partial charge is 0.248 e. The summed E-state index contributed by atoms with van der Waals surface area (Å²) in [6.45, 7) is 5.44. The van der Waals surface area contributed by atoms with Gasteiger partial charge in [-0.15, -0.1) is 0 Å². The van der Waals surface area contributed by atoms with Gasteiger partial charge in [0, 0.05) is 56.6 Å². The van der Waals surface area contributed by atoms with Crippen LogP contribution in [0.3, 0.4) is 0 Å². The number of hydrogen-bond acceptors (Lipinski definition) is 5. The average Bonchev–Trinajstić information content (AvgIpc) is 2.77. The van der Waals surface area contributed by atoms with Gasteiger partial charge in [0.25, 0.3) is 0 Å². The highest BCUT2D eigenvalue weighted by atomic mass is 35.5. The predicted octanol–water partition coefficient (Wildman–Crippen LogP) is 2.71. The second kappa shape index (κ2) is 9.71. The maximum Gasteiger partial charge on any atom is 0.248 e. The minimum absolute atomic E-state index is 0.0165. The molecule has 1 N–H and O–H groups in total. The first-order valence-electron chi connectivity index (χ1n) is 10.4. The summed E-state index contributed by atoms with van der Waals surface area (Å²) in [5.74, 6) is 0.0471. The molecular formula is C23H27ClN4O2. The number of halogens is 1. The lowest BCUT2D eigenvalue weighted by molar-refractivity contribution is -0.119. The Morgan fingerprint density at radius 3 is 2.30 bits per heavy atom. The number of β-amino-alcohol motifs (C(OH)–C–C–N with tert-alkyl or cyclic N) is 1. The van der Waals surface area contributed by atoms with Crippen LogP contribution in [-0.4, -0.2) is 72.4 Å². The van der Waals surface area contributed by atoms with E-state index in [1.165, 1.54) is 5.01 Å². The van der Waals surface area contributed by atoms with Gasteiger partial charge in [-0.05, 0) is 29.8 Å². The van der Waals surface area contributed by atoms with Gasteiger partial charge in [-0.2, -0.15) is 5.10 Å². The van der Waals surface area contributed by atoms with E-state index in [1.807, 2.05) is 54.6 Å². The number of benzene rings is 2. The van der Waals surface area contributed by atoms with Gasteiger partial charge in [-0.1, -0.05) is 41.9 Å². The number of hydrazone groups is 1. The minimum atomic E-state index is 0.0165. The molecule has 0 aliphatic carbocycles. The maximum atomic E-state index is 13.0. The number of anilines is 1. The lowest BCUT2D eigenvalue weighted by atomic mass is 9.91. The summed E-state index contributed by atoms with van der Waals surface area (Å²) in [5.41, 5.74) is 2.70. The topological polar surface area (TPSA) is 59.4 Å². The Kier molecular flexibility index (Phi) is 6.79. The molecule has 2 heterocycles. The number of carbonyl (C=O) groups excluding carboxylic acids is 1. The molecule has 6 nitrogen and oxygen atoms in total. The fourth-order valence-electron chi connectivity index (χ4n) is 4.12. The molecule has 1 atom stereocenters. The van der Waals surface area contributed by atoms with Crippen LogP contribution in [0.25, 0.3) is 0 Å². The Hall–Kier alpha value is -2.25. The average molecular weight is 427 g/mol. The van der Waals surface area contributed by atoms with E-state index in [2.05, 4.69) is 9.80 Å². The largest absolute Gasteiger partial charge is 0.395 e. The van der Waals surface area contributed by atoms with Crippen molar-refractivity contribution < 1.29 is 9.90 Å². The van der Waals surface area contributed by atoms with Crippen LogP contribution in [-0.2, 0) is 4.79 Å². The van der Waals surface area contributed by atoms with Crippen LogP contribution >= 0.6 is 11.6 Å². The minimum Gasteiger partial charge on any atom is -0.395 e. The normalized spacial score (nSPS) is 21.0. The molecule has 1 fully saturated rings. The Bertz CT molecular complexity index is 880. The molecule has 7 heteroatoms. The van der Waals surface area contributed by atoms with E-state index in [1.54, 1.807) is 0 Å². The Balaban J connectivity index is 1.57. The summed E-state index contributed by atoms with van der Waals surface area (Å²) in [4.78, 5) is 17.6. The summed E-state index contributed by atoms with van der Waals surface area (Å²) in [7, 11) is 0. The molecule has 0 radical (unpaired) electrons. The van der Waals surface area contributed by atoms with E-state index < -0.39 is 0 Å². The van der Waals surface area contributed by atoms with E-state index >= 15 is 0 Å². The molecule has 2 aliphatic rings. The number of nitrogens with zero attached hydrogens (tertiary/aromatic N) is 4. The number of aliphatic hydroxyl groups is 1. The number of carbonyl (C=O) groups is 1. The Morgan fingerprint density at radius 2 is 1.63 bits per heavy atom. The molecule has 4 rings (SSSR count). The van der Waals surface area contributed by atoms with Crippen molar-refractivity contribution in [3.05, 3.63) is 65.2 Å². The highest BCUT2D eigenvalue weighted by Crippen LogP contribution is 2.27. The van der Waals surface area contributed by atoms with Gasteiger partial charge >= 0.3 is 0 Å². The summed E-state index contributed by atoms with van der Waals surface area (Å²) < 4.78 is 0. The van der Waals surface area contributed by atoms with Crippen molar-refractivity contribution in [3.63, 3.8) is 0 Å². The van der Waals surface area contributed by atoms with E-state index in [0.717, 1.165) is 56.2 Å². The number of piperazine rings is 1. The third-order valence-electron chi connectivity index (χ3n) is 5.75. The van der Waals surface area contributed by atoms with Gasteiger partial charge in [0.1, 0.15) is 0 Å². The molecule has 2 aromatic carbocycles. The third-order valence-corrected chi connectivity index (χ3v) is 6.00. The van der Waals surface area contributed by atoms with Crippen LogP contribution < -0.4 is 5.01 Å². The zero-order chi connectivity index (χ0) is 20.9. The molecule has 1 saturated heterocycles. The molecule has 0 bridgehead atoms.